The number of aromatic nitrogens is 1. The number of halogens is 1. The Hall–Kier alpha value is -3.10. The number of ether oxygens (including phenoxy) is 2. The number of carbonyl (C=O) groups excluding carboxylic acids is 1. The van der Waals surface area contributed by atoms with E-state index in [1.165, 1.54) is 6.07 Å². The molecule has 1 fully saturated rings. The van der Waals surface area contributed by atoms with Crippen LogP contribution < -0.4 is 14.8 Å². The van der Waals surface area contributed by atoms with Gasteiger partial charge >= 0.3 is 0 Å². The topological polar surface area (TPSA) is 93.0 Å². The molecule has 0 saturated heterocycles. The van der Waals surface area contributed by atoms with Crippen molar-refractivity contribution < 1.29 is 28.9 Å². The van der Waals surface area contributed by atoms with Gasteiger partial charge in [0.15, 0.2) is 11.5 Å². The zero-order chi connectivity index (χ0) is 24.3. The molecule has 1 atom stereocenters. The maximum absolute atomic E-state index is 15.2. The molecule has 2 aromatic carbocycles. The fourth-order valence-electron chi connectivity index (χ4n) is 4.67. The standard InChI is InChI=1S/C26H29FN2O5/c1-25(2,3)23-9-15-8-19(18(27)11-20(15)29(23)12-17(31)13-30)28-24(32)26(6-7-26)16-4-5-21-22(10-16)34-14-33-21/h4-5,8-11,17,30-31H,6-7,12-14H2,1-3H3,(H,28,32). The number of benzene rings is 2. The van der Waals surface area contributed by atoms with Gasteiger partial charge in [-0.1, -0.05) is 26.8 Å². The third kappa shape index (κ3) is 3.80. The third-order valence-corrected chi connectivity index (χ3v) is 6.72. The van der Waals surface area contributed by atoms with E-state index in [1.807, 2.05) is 43.5 Å². The van der Waals surface area contributed by atoms with E-state index in [0.717, 1.165) is 16.6 Å². The van der Waals surface area contributed by atoms with Crippen molar-refractivity contribution in [1.29, 1.82) is 0 Å². The van der Waals surface area contributed by atoms with Crippen LogP contribution in [-0.2, 0) is 22.2 Å². The molecule has 3 N–H and O–H groups in total. The highest BCUT2D eigenvalue weighted by atomic mass is 19.1. The summed E-state index contributed by atoms with van der Waals surface area (Å²) in [6.07, 6.45) is 0.383. The van der Waals surface area contributed by atoms with Crippen LogP contribution in [0, 0.1) is 5.82 Å². The molecule has 34 heavy (non-hydrogen) atoms. The summed E-state index contributed by atoms with van der Waals surface area (Å²) in [5.74, 6) is 0.462. The number of nitrogens with zero attached hydrogens (tertiary/aromatic N) is 1. The normalized spacial score (nSPS) is 17.1. The third-order valence-electron chi connectivity index (χ3n) is 6.72. The highest BCUT2D eigenvalue weighted by Crippen LogP contribution is 2.51. The van der Waals surface area contributed by atoms with Crippen molar-refractivity contribution in [3.8, 4) is 11.5 Å². The predicted molar refractivity (Wildman–Crippen MR) is 126 cm³/mol. The summed E-state index contributed by atoms with van der Waals surface area (Å²) in [6, 6.07) is 10.5. The number of fused-ring (bicyclic) bond motifs is 2. The van der Waals surface area contributed by atoms with Crippen molar-refractivity contribution in [1.82, 2.24) is 4.57 Å². The van der Waals surface area contributed by atoms with E-state index in [2.05, 4.69) is 5.32 Å². The SMILES string of the molecule is CC(C)(C)c1cc2cc(NC(=O)C3(c4ccc5c(c4)OCO5)CC3)c(F)cc2n1CC(O)CO. The number of amides is 1. The second-order valence-electron chi connectivity index (χ2n) is 10.2. The molecule has 1 aliphatic carbocycles. The average molecular weight is 469 g/mol. The van der Waals surface area contributed by atoms with Crippen LogP contribution in [-0.4, -0.2) is 40.2 Å². The Morgan fingerprint density at radius 1 is 1.18 bits per heavy atom. The molecule has 0 radical (unpaired) electrons. The molecule has 1 aromatic heterocycles. The summed E-state index contributed by atoms with van der Waals surface area (Å²) < 4.78 is 27.8. The Morgan fingerprint density at radius 2 is 1.91 bits per heavy atom. The summed E-state index contributed by atoms with van der Waals surface area (Å²) in [4.78, 5) is 13.3. The van der Waals surface area contributed by atoms with Gasteiger partial charge in [0.25, 0.3) is 0 Å². The van der Waals surface area contributed by atoms with Crippen molar-refractivity contribution in [3.05, 3.63) is 53.5 Å². The first kappa shape index (κ1) is 22.7. The Bertz CT molecular complexity index is 1270. The highest BCUT2D eigenvalue weighted by Gasteiger charge is 2.52. The summed E-state index contributed by atoms with van der Waals surface area (Å²) in [6.45, 7) is 6.01. The lowest BCUT2D eigenvalue weighted by molar-refractivity contribution is -0.118. The van der Waals surface area contributed by atoms with Crippen LogP contribution in [0.2, 0.25) is 0 Å². The first-order valence-electron chi connectivity index (χ1n) is 11.5. The molecule has 1 unspecified atom stereocenters. The van der Waals surface area contributed by atoms with Crippen LogP contribution in [0.3, 0.4) is 0 Å². The lowest BCUT2D eigenvalue weighted by atomic mass is 9.92. The smallest absolute Gasteiger partial charge is 0.235 e. The molecular formula is C26H29FN2O5. The van der Waals surface area contributed by atoms with Gasteiger partial charge in [-0.15, -0.1) is 0 Å². The van der Waals surface area contributed by atoms with Crippen molar-refractivity contribution >= 4 is 22.5 Å². The number of anilines is 1. The highest BCUT2D eigenvalue weighted by molar-refractivity contribution is 6.02. The van der Waals surface area contributed by atoms with E-state index in [-0.39, 0.29) is 37.0 Å². The lowest BCUT2D eigenvalue weighted by Crippen LogP contribution is -2.28. The van der Waals surface area contributed by atoms with Gasteiger partial charge in [0.2, 0.25) is 12.7 Å². The van der Waals surface area contributed by atoms with Crippen LogP contribution in [0.25, 0.3) is 10.9 Å². The molecule has 1 aliphatic heterocycles. The van der Waals surface area contributed by atoms with Crippen LogP contribution in [0.4, 0.5) is 10.1 Å². The molecule has 0 bridgehead atoms. The van der Waals surface area contributed by atoms with E-state index in [1.54, 1.807) is 12.1 Å². The first-order chi connectivity index (χ1) is 16.1. The van der Waals surface area contributed by atoms with Crippen molar-refractivity contribution in [2.24, 2.45) is 0 Å². The maximum Gasteiger partial charge on any atom is 0.235 e. The zero-order valence-electron chi connectivity index (χ0n) is 19.5. The molecular weight excluding hydrogens is 439 g/mol. The summed E-state index contributed by atoms with van der Waals surface area (Å²) >= 11 is 0. The number of nitrogens with one attached hydrogen (secondary N) is 1. The summed E-state index contributed by atoms with van der Waals surface area (Å²) in [5, 5.41) is 22.9. The predicted octanol–water partition coefficient (Wildman–Crippen LogP) is 3.83. The molecule has 3 aromatic rings. The van der Waals surface area contributed by atoms with Gasteiger partial charge in [-0.05, 0) is 42.7 Å². The van der Waals surface area contributed by atoms with E-state index < -0.39 is 17.3 Å². The molecule has 2 aliphatic rings. The van der Waals surface area contributed by atoms with Crippen LogP contribution in [0.1, 0.15) is 44.9 Å². The number of aliphatic hydroxyl groups is 2. The van der Waals surface area contributed by atoms with Crippen molar-refractivity contribution in [3.63, 3.8) is 0 Å². The number of rotatable bonds is 6. The molecule has 1 amide bonds. The fraction of sp³-hybridized carbons (Fsp3) is 0.423. The second kappa shape index (κ2) is 7.99. The van der Waals surface area contributed by atoms with Gasteiger partial charge in [0.1, 0.15) is 5.82 Å². The Kier molecular flexibility index (Phi) is 5.33. The van der Waals surface area contributed by atoms with Crippen LogP contribution in [0.5, 0.6) is 11.5 Å². The minimum Gasteiger partial charge on any atom is -0.454 e. The molecule has 5 rings (SSSR count). The van der Waals surface area contributed by atoms with Crippen LogP contribution >= 0.6 is 0 Å². The number of hydrogen-bond donors (Lipinski definition) is 3. The number of aliphatic hydroxyl groups excluding tert-OH is 2. The van der Waals surface area contributed by atoms with E-state index >= 15 is 4.39 Å². The van der Waals surface area contributed by atoms with Gasteiger partial charge < -0.3 is 29.6 Å². The molecule has 7 nitrogen and oxygen atoms in total. The molecule has 0 spiro atoms. The molecule has 8 heteroatoms. The maximum atomic E-state index is 15.2. The Labute approximate surface area is 197 Å². The molecule has 1 saturated carbocycles. The van der Waals surface area contributed by atoms with E-state index in [4.69, 9.17) is 9.47 Å². The number of carbonyl (C=O) groups is 1. The first-order valence-corrected chi connectivity index (χ1v) is 11.5. The summed E-state index contributed by atoms with van der Waals surface area (Å²) in [5.41, 5.74) is 1.46. The fourth-order valence-corrected chi connectivity index (χ4v) is 4.67. The number of hydrogen-bond acceptors (Lipinski definition) is 5. The van der Waals surface area contributed by atoms with Crippen molar-refractivity contribution in [2.45, 2.75) is 57.1 Å². The second-order valence-corrected chi connectivity index (χ2v) is 10.2. The summed E-state index contributed by atoms with van der Waals surface area (Å²) in [7, 11) is 0. The minimum atomic E-state index is -0.962. The largest absolute Gasteiger partial charge is 0.454 e. The van der Waals surface area contributed by atoms with Gasteiger partial charge in [-0.3, -0.25) is 4.79 Å². The van der Waals surface area contributed by atoms with Gasteiger partial charge in [-0.2, -0.15) is 0 Å². The zero-order valence-corrected chi connectivity index (χ0v) is 19.5. The van der Waals surface area contributed by atoms with Gasteiger partial charge in [-0.25, -0.2) is 4.39 Å². The van der Waals surface area contributed by atoms with Gasteiger partial charge in [0.05, 0.1) is 35.9 Å². The Balaban J connectivity index is 1.47. The van der Waals surface area contributed by atoms with E-state index in [9.17, 15) is 15.0 Å². The lowest BCUT2D eigenvalue weighted by Gasteiger charge is -2.23. The monoisotopic (exact) mass is 468 g/mol. The molecule has 180 valence electrons. The van der Waals surface area contributed by atoms with Crippen LogP contribution in [0.15, 0.2) is 36.4 Å². The minimum absolute atomic E-state index is 0.116. The van der Waals surface area contributed by atoms with Crippen molar-refractivity contribution in [2.75, 3.05) is 18.7 Å². The van der Waals surface area contributed by atoms with Gasteiger partial charge in [0, 0.05) is 22.6 Å². The van der Waals surface area contributed by atoms with E-state index in [0.29, 0.717) is 29.9 Å². The Morgan fingerprint density at radius 3 is 2.59 bits per heavy atom. The molecule has 2 heterocycles. The quantitative estimate of drug-likeness (QED) is 0.511. The average Bonchev–Trinajstić information content (AvgIpc) is 3.35.